The highest BCUT2D eigenvalue weighted by atomic mass is 35.5. The molecular formula is C16H19ClN2O. The van der Waals surface area contributed by atoms with E-state index in [-0.39, 0.29) is 0 Å². The lowest BCUT2D eigenvalue weighted by molar-refractivity contribution is 0.303. The fraction of sp³-hybridized carbons (Fsp3) is 0.312. The highest BCUT2D eigenvalue weighted by Gasteiger charge is 2.03. The number of nitrogens with zero attached hydrogens (tertiary/aromatic N) is 1. The standard InChI is InChI=1S/C16H19ClN2O/c1-2-18-8-7-13-5-3-4-6-14(13)12-20-16-9-15(17)10-19-11-16/h3-6,9-11,18H,2,7-8,12H2,1H3. The molecule has 2 rings (SSSR count). The van der Waals surface area contributed by atoms with Crippen LogP contribution in [0.2, 0.25) is 5.02 Å². The Kier molecular flexibility index (Phi) is 5.84. The van der Waals surface area contributed by atoms with Gasteiger partial charge >= 0.3 is 0 Å². The van der Waals surface area contributed by atoms with Crippen molar-refractivity contribution in [1.29, 1.82) is 0 Å². The number of hydrogen-bond acceptors (Lipinski definition) is 3. The predicted molar refractivity (Wildman–Crippen MR) is 82.3 cm³/mol. The second-order valence-corrected chi connectivity index (χ2v) is 4.94. The second kappa shape index (κ2) is 7.88. The topological polar surface area (TPSA) is 34.1 Å². The van der Waals surface area contributed by atoms with Gasteiger partial charge in [-0.3, -0.25) is 4.98 Å². The zero-order valence-electron chi connectivity index (χ0n) is 11.6. The first kappa shape index (κ1) is 14.8. The van der Waals surface area contributed by atoms with Crippen LogP contribution < -0.4 is 10.1 Å². The predicted octanol–water partition coefficient (Wildman–Crippen LogP) is 3.47. The Morgan fingerprint density at radius 1 is 1.20 bits per heavy atom. The molecular weight excluding hydrogens is 272 g/mol. The molecule has 106 valence electrons. The van der Waals surface area contributed by atoms with E-state index in [4.69, 9.17) is 16.3 Å². The van der Waals surface area contributed by atoms with Crippen LogP contribution in [0.15, 0.2) is 42.7 Å². The fourth-order valence-electron chi connectivity index (χ4n) is 1.97. The summed E-state index contributed by atoms with van der Waals surface area (Å²) in [6.07, 6.45) is 4.27. The van der Waals surface area contributed by atoms with Crippen LogP contribution in [-0.2, 0) is 13.0 Å². The Morgan fingerprint density at radius 3 is 2.75 bits per heavy atom. The van der Waals surface area contributed by atoms with Crippen molar-refractivity contribution < 1.29 is 4.74 Å². The van der Waals surface area contributed by atoms with Gasteiger partial charge in [0.25, 0.3) is 0 Å². The first-order chi connectivity index (χ1) is 9.79. The van der Waals surface area contributed by atoms with Crippen LogP contribution in [0.5, 0.6) is 5.75 Å². The number of halogens is 1. The van der Waals surface area contributed by atoms with Crippen LogP contribution in [0.1, 0.15) is 18.1 Å². The lowest BCUT2D eigenvalue weighted by Crippen LogP contribution is -2.17. The molecule has 3 nitrogen and oxygen atoms in total. The average Bonchev–Trinajstić information content (AvgIpc) is 2.47. The highest BCUT2D eigenvalue weighted by molar-refractivity contribution is 6.30. The molecule has 0 atom stereocenters. The van der Waals surface area contributed by atoms with Crippen molar-refractivity contribution >= 4 is 11.6 Å². The molecule has 0 fully saturated rings. The lowest BCUT2D eigenvalue weighted by Gasteiger charge is -2.11. The van der Waals surface area contributed by atoms with Gasteiger partial charge in [-0.15, -0.1) is 0 Å². The maximum atomic E-state index is 5.89. The van der Waals surface area contributed by atoms with Gasteiger partial charge < -0.3 is 10.1 Å². The van der Waals surface area contributed by atoms with Crippen LogP contribution in [-0.4, -0.2) is 18.1 Å². The molecule has 0 aliphatic carbocycles. The van der Waals surface area contributed by atoms with Gasteiger partial charge in [-0.1, -0.05) is 42.8 Å². The smallest absolute Gasteiger partial charge is 0.139 e. The molecule has 0 saturated heterocycles. The van der Waals surface area contributed by atoms with Crippen LogP contribution in [0, 0.1) is 0 Å². The molecule has 0 unspecified atom stereocenters. The summed E-state index contributed by atoms with van der Waals surface area (Å²) in [6, 6.07) is 10.1. The van der Waals surface area contributed by atoms with Gasteiger partial charge in [-0.05, 0) is 30.6 Å². The molecule has 0 amide bonds. The summed E-state index contributed by atoms with van der Waals surface area (Å²) < 4.78 is 5.75. The quantitative estimate of drug-likeness (QED) is 0.793. The first-order valence-electron chi connectivity index (χ1n) is 6.80. The van der Waals surface area contributed by atoms with Crippen LogP contribution >= 0.6 is 11.6 Å². The normalized spacial score (nSPS) is 10.5. The average molecular weight is 291 g/mol. The number of hydrogen-bond donors (Lipinski definition) is 1. The Bertz CT molecular complexity index is 546. The zero-order valence-corrected chi connectivity index (χ0v) is 12.4. The van der Waals surface area contributed by atoms with E-state index in [9.17, 15) is 0 Å². The maximum Gasteiger partial charge on any atom is 0.139 e. The monoisotopic (exact) mass is 290 g/mol. The summed E-state index contributed by atoms with van der Waals surface area (Å²) >= 11 is 5.89. The van der Waals surface area contributed by atoms with E-state index in [0.717, 1.165) is 19.5 Å². The summed E-state index contributed by atoms with van der Waals surface area (Å²) in [7, 11) is 0. The molecule has 1 N–H and O–H groups in total. The molecule has 0 spiro atoms. The van der Waals surface area contributed by atoms with Gasteiger partial charge in [0.15, 0.2) is 0 Å². The van der Waals surface area contributed by atoms with Crippen LogP contribution in [0.4, 0.5) is 0 Å². The Labute approximate surface area is 124 Å². The molecule has 0 aliphatic heterocycles. The van der Waals surface area contributed by atoms with Crippen LogP contribution in [0.3, 0.4) is 0 Å². The molecule has 20 heavy (non-hydrogen) atoms. The number of ether oxygens (including phenoxy) is 1. The summed E-state index contributed by atoms with van der Waals surface area (Å²) in [6.45, 7) is 4.62. The number of nitrogens with one attached hydrogen (secondary N) is 1. The number of benzene rings is 1. The first-order valence-corrected chi connectivity index (χ1v) is 7.18. The third-order valence-electron chi connectivity index (χ3n) is 3.01. The molecule has 0 radical (unpaired) electrons. The van der Waals surface area contributed by atoms with E-state index in [2.05, 4.69) is 35.4 Å². The van der Waals surface area contributed by atoms with Crippen molar-refractivity contribution in [2.24, 2.45) is 0 Å². The van der Waals surface area contributed by atoms with E-state index in [1.807, 2.05) is 6.07 Å². The van der Waals surface area contributed by atoms with Crippen molar-refractivity contribution in [2.75, 3.05) is 13.1 Å². The van der Waals surface area contributed by atoms with Gasteiger partial charge in [-0.25, -0.2) is 0 Å². The van der Waals surface area contributed by atoms with Gasteiger partial charge in [0, 0.05) is 12.3 Å². The molecule has 1 aromatic carbocycles. The fourth-order valence-corrected chi connectivity index (χ4v) is 2.14. The summed E-state index contributed by atoms with van der Waals surface area (Å²) in [5.74, 6) is 0.694. The van der Waals surface area contributed by atoms with Crippen molar-refractivity contribution in [1.82, 2.24) is 10.3 Å². The lowest BCUT2D eigenvalue weighted by atomic mass is 10.1. The van der Waals surface area contributed by atoms with E-state index in [1.165, 1.54) is 11.1 Å². The van der Waals surface area contributed by atoms with Gasteiger partial charge in [-0.2, -0.15) is 0 Å². The van der Waals surface area contributed by atoms with Gasteiger partial charge in [0.1, 0.15) is 12.4 Å². The molecule has 4 heteroatoms. The van der Waals surface area contributed by atoms with Crippen LogP contribution in [0.25, 0.3) is 0 Å². The highest BCUT2D eigenvalue weighted by Crippen LogP contribution is 2.18. The third-order valence-corrected chi connectivity index (χ3v) is 3.22. The molecule has 1 aromatic heterocycles. The summed E-state index contributed by atoms with van der Waals surface area (Å²) in [5, 5.41) is 3.92. The Hall–Kier alpha value is -1.58. The van der Waals surface area contributed by atoms with Gasteiger partial charge in [0.2, 0.25) is 0 Å². The van der Waals surface area contributed by atoms with Crippen molar-refractivity contribution in [2.45, 2.75) is 20.0 Å². The van der Waals surface area contributed by atoms with E-state index in [0.29, 0.717) is 17.4 Å². The number of likely N-dealkylation sites (N-methyl/N-ethyl adjacent to an activating group) is 1. The molecule has 2 aromatic rings. The van der Waals surface area contributed by atoms with Gasteiger partial charge in [0.05, 0.1) is 11.2 Å². The number of aromatic nitrogens is 1. The largest absolute Gasteiger partial charge is 0.487 e. The molecule has 0 aliphatic rings. The number of rotatable bonds is 7. The van der Waals surface area contributed by atoms with Crippen molar-refractivity contribution in [3.63, 3.8) is 0 Å². The third kappa shape index (κ3) is 4.51. The van der Waals surface area contributed by atoms with E-state index in [1.54, 1.807) is 18.5 Å². The molecule has 0 bridgehead atoms. The SMILES string of the molecule is CCNCCc1ccccc1COc1cncc(Cl)c1. The van der Waals surface area contributed by atoms with Crippen molar-refractivity contribution in [3.05, 3.63) is 58.9 Å². The summed E-state index contributed by atoms with van der Waals surface area (Å²) in [5.41, 5.74) is 2.51. The Balaban J connectivity index is 1.98. The second-order valence-electron chi connectivity index (χ2n) is 4.50. The maximum absolute atomic E-state index is 5.89. The zero-order chi connectivity index (χ0) is 14.2. The molecule has 1 heterocycles. The van der Waals surface area contributed by atoms with Crippen molar-refractivity contribution in [3.8, 4) is 5.75 Å². The summed E-state index contributed by atoms with van der Waals surface area (Å²) in [4.78, 5) is 4.01. The minimum absolute atomic E-state index is 0.532. The molecule has 0 saturated carbocycles. The minimum Gasteiger partial charge on any atom is -0.487 e. The van der Waals surface area contributed by atoms with E-state index < -0.39 is 0 Å². The Morgan fingerprint density at radius 2 is 2.00 bits per heavy atom. The minimum atomic E-state index is 0.532. The van der Waals surface area contributed by atoms with E-state index >= 15 is 0 Å². The number of pyridine rings is 1.